The van der Waals surface area contributed by atoms with E-state index in [1.54, 1.807) is 21.3 Å². The number of benzene rings is 1. The number of nitrogens with zero attached hydrogens (tertiary/aromatic N) is 4. The molecule has 1 aromatic heterocycles. The van der Waals surface area contributed by atoms with Crippen LogP contribution in [0.1, 0.15) is 25.0 Å². The summed E-state index contributed by atoms with van der Waals surface area (Å²) in [5.74, 6) is 3.93. The van der Waals surface area contributed by atoms with Crippen molar-refractivity contribution in [2.24, 2.45) is 4.99 Å². The van der Waals surface area contributed by atoms with E-state index in [0.717, 1.165) is 48.5 Å². The molecular formula is C20H30N6O3. The summed E-state index contributed by atoms with van der Waals surface area (Å²) in [5.41, 5.74) is 0. The lowest BCUT2D eigenvalue weighted by molar-refractivity contribution is 0.177. The van der Waals surface area contributed by atoms with Gasteiger partial charge in [-0.3, -0.25) is 4.99 Å². The maximum atomic E-state index is 5.99. The molecule has 0 radical (unpaired) electrons. The second-order valence-electron chi connectivity index (χ2n) is 6.97. The molecule has 9 nitrogen and oxygen atoms in total. The van der Waals surface area contributed by atoms with Crippen LogP contribution in [0.4, 0.5) is 0 Å². The molecule has 2 unspecified atom stereocenters. The van der Waals surface area contributed by atoms with Crippen LogP contribution in [0.5, 0.6) is 11.5 Å². The first-order chi connectivity index (χ1) is 14.1. The average molecular weight is 402 g/mol. The lowest BCUT2D eigenvalue weighted by Gasteiger charge is -2.26. The van der Waals surface area contributed by atoms with Crippen molar-refractivity contribution in [1.82, 2.24) is 25.4 Å². The van der Waals surface area contributed by atoms with Crippen molar-refractivity contribution in [2.75, 3.05) is 27.8 Å². The third kappa shape index (κ3) is 5.60. The third-order valence-electron chi connectivity index (χ3n) is 4.69. The van der Waals surface area contributed by atoms with Crippen molar-refractivity contribution < 1.29 is 14.2 Å². The first-order valence-corrected chi connectivity index (χ1v) is 9.81. The predicted octanol–water partition coefficient (Wildman–Crippen LogP) is 1.38. The Morgan fingerprint density at radius 1 is 1.31 bits per heavy atom. The van der Waals surface area contributed by atoms with Gasteiger partial charge in [-0.25, -0.2) is 9.67 Å². The number of ether oxygens (including phenoxy) is 3. The Bertz CT molecular complexity index is 822. The molecule has 158 valence electrons. The van der Waals surface area contributed by atoms with E-state index < -0.39 is 0 Å². The first kappa shape index (κ1) is 20.9. The Morgan fingerprint density at radius 2 is 2.10 bits per heavy atom. The molecule has 2 aromatic rings. The number of aryl methyl sites for hydroxylation is 1. The summed E-state index contributed by atoms with van der Waals surface area (Å²) in [5, 5.41) is 11.3. The van der Waals surface area contributed by atoms with Crippen LogP contribution in [0.2, 0.25) is 0 Å². The van der Waals surface area contributed by atoms with E-state index in [-0.39, 0.29) is 12.1 Å². The quantitative estimate of drug-likeness (QED) is 0.509. The van der Waals surface area contributed by atoms with E-state index in [9.17, 15) is 0 Å². The van der Waals surface area contributed by atoms with Crippen LogP contribution in [-0.4, -0.2) is 60.7 Å². The van der Waals surface area contributed by atoms with Gasteiger partial charge in [-0.05, 0) is 25.5 Å². The number of hydrogen-bond acceptors (Lipinski definition) is 6. The Kier molecular flexibility index (Phi) is 7.29. The lowest BCUT2D eigenvalue weighted by Crippen LogP contribution is -2.48. The Balaban J connectivity index is 1.49. The summed E-state index contributed by atoms with van der Waals surface area (Å²) < 4.78 is 18.4. The molecule has 2 heterocycles. The van der Waals surface area contributed by atoms with Gasteiger partial charge in [0.1, 0.15) is 18.5 Å². The van der Waals surface area contributed by atoms with Gasteiger partial charge >= 0.3 is 0 Å². The van der Waals surface area contributed by atoms with Crippen LogP contribution >= 0.6 is 0 Å². The minimum atomic E-state index is -0.0604. The predicted molar refractivity (Wildman–Crippen MR) is 110 cm³/mol. The van der Waals surface area contributed by atoms with Gasteiger partial charge in [0.05, 0.1) is 20.2 Å². The van der Waals surface area contributed by atoms with E-state index >= 15 is 0 Å². The Hall–Kier alpha value is -2.81. The number of guanidine groups is 1. The van der Waals surface area contributed by atoms with Crippen molar-refractivity contribution in [2.45, 2.75) is 45.1 Å². The second-order valence-corrected chi connectivity index (χ2v) is 6.97. The molecule has 0 amide bonds. The summed E-state index contributed by atoms with van der Waals surface area (Å²) in [7, 11) is 5.06. The summed E-state index contributed by atoms with van der Waals surface area (Å²) in [6.45, 7) is 3.80. The largest absolute Gasteiger partial charge is 0.493 e. The molecule has 1 aromatic carbocycles. The summed E-state index contributed by atoms with van der Waals surface area (Å²) in [4.78, 5) is 8.85. The highest BCUT2D eigenvalue weighted by Crippen LogP contribution is 2.26. The fraction of sp³-hybridized carbons (Fsp3) is 0.550. The second kappa shape index (κ2) is 10.1. The minimum absolute atomic E-state index is 0.0604. The monoisotopic (exact) mass is 402 g/mol. The van der Waals surface area contributed by atoms with Gasteiger partial charge in [0.2, 0.25) is 0 Å². The zero-order chi connectivity index (χ0) is 20.6. The Labute approximate surface area is 171 Å². The van der Waals surface area contributed by atoms with E-state index in [1.165, 1.54) is 0 Å². The molecule has 0 fully saturated rings. The molecule has 3 rings (SSSR count). The normalized spacial score (nSPS) is 17.4. The molecule has 0 spiro atoms. The maximum Gasteiger partial charge on any atom is 0.191 e. The summed E-state index contributed by atoms with van der Waals surface area (Å²) in [6, 6.07) is 7.87. The van der Waals surface area contributed by atoms with E-state index in [1.807, 2.05) is 35.9 Å². The molecule has 2 N–H and O–H groups in total. The summed E-state index contributed by atoms with van der Waals surface area (Å²) >= 11 is 0. The SMILES string of the molecule is CN=C(NCC(C)Oc1ccccc1OC)NC1CCc2nc(COC)nn2C1. The smallest absolute Gasteiger partial charge is 0.191 e. The minimum Gasteiger partial charge on any atom is -0.493 e. The van der Waals surface area contributed by atoms with Crippen LogP contribution in [0.3, 0.4) is 0 Å². The molecule has 0 saturated heterocycles. The number of hydrogen-bond donors (Lipinski definition) is 2. The molecule has 9 heteroatoms. The van der Waals surface area contributed by atoms with E-state index in [2.05, 4.69) is 25.7 Å². The fourth-order valence-corrected chi connectivity index (χ4v) is 3.27. The zero-order valence-electron chi connectivity index (χ0n) is 17.5. The van der Waals surface area contributed by atoms with Gasteiger partial charge in [0.15, 0.2) is 23.3 Å². The molecule has 0 aliphatic carbocycles. The van der Waals surface area contributed by atoms with Crippen molar-refractivity contribution in [3.05, 3.63) is 35.9 Å². The first-order valence-electron chi connectivity index (χ1n) is 9.81. The number of fused-ring (bicyclic) bond motifs is 1. The fourth-order valence-electron chi connectivity index (χ4n) is 3.27. The highest BCUT2D eigenvalue weighted by atomic mass is 16.5. The number of para-hydroxylation sites is 2. The molecule has 2 atom stereocenters. The molecule has 1 aliphatic heterocycles. The van der Waals surface area contributed by atoms with Crippen molar-refractivity contribution >= 4 is 5.96 Å². The van der Waals surface area contributed by atoms with E-state index in [0.29, 0.717) is 13.2 Å². The molecule has 29 heavy (non-hydrogen) atoms. The van der Waals surface area contributed by atoms with Crippen LogP contribution in [0.15, 0.2) is 29.3 Å². The van der Waals surface area contributed by atoms with Crippen LogP contribution < -0.4 is 20.1 Å². The van der Waals surface area contributed by atoms with E-state index in [4.69, 9.17) is 14.2 Å². The number of aromatic nitrogens is 3. The number of methoxy groups -OCH3 is 2. The molecular weight excluding hydrogens is 372 g/mol. The average Bonchev–Trinajstić information content (AvgIpc) is 3.13. The standard InChI is InChI=1S/C20H30N6O3/c1-14(29-17-8-6-5-7-16(17)28-4)11-22-20(21-2)23-15-9-10-19-24-18(13-27-3)25-26(19)12-15/h5-8,14-15H,9-13H2,1-4H3,(H2,21,22,23). The maximum absolute atomic E-state index is 5.99. The van der Waals surface area contributed by atoms with Gasteiger partial charge in [-0.15, -0.1) is 0 Å². The highest BCUT2D eigenvalue weighted by Gasteiger charge is 2.22. The van der Waals surface area contributed by atoms with Crippen LogP contribution in [0.25, 0.3) is 0 Å². The zero-order valence-corrected chi connectivity index (χ0v) is 17.5. The van der Waals surface area contributed by atoms with Crippen molar-refractivity contribution in [3.8, 4) is 11.5 Å². The third-order valence-corrected chi connectivity index (χ3v) is 4.69. The van der Waals surface area contributed by atoms with Gasteiger partial charge in [0.25, 0.3) is 0 Å². The molecule has 0 saturated carbocycles. The molecule has 1 aliphatic rings. The number of nitrogens with one attached hydrogen (secondary N) is 2. The highest BCUT2D eigenvalue weighted by molar-refractivity contribution is 5.80. The topological polar surface area (TPSA) is 94.8 Å². The van der Waals surface area contributed by atoms with Crippen molar-refractivity contribution in [3.63, 3.8) is 0 Å². The Morgan fingerprint density at radius 3 is 2.83 bits per heavy atom. The van der Waals surface area contributed by atoms with Gasteiger partial charge in [-0.2, -0.15) is 5.10 Å². The van der Waals surface area contributed by atoms with Crippen LogP contribution in [0, 0.1) is 0 Å². The molecule has 0 bridgehead atoms. The van der Waals surface area contributed by atoms with Crippen molar-refractivity contribution in [1.29, 1.82) is 0 Å². The number of aliphatic imine (C=N–C) groups is 1. The lowest BCUT2D eigenvalue weighted by atomic mass is 10.1. The summed E-state index contributed by atoms with van der Waals surface area (Å²) in [6.07, 6.45) is 1.78. The number of rotatable bonds is 8. The van der Waals surface area contributed by atoms with Gasteiger partial charge < -0.3 is 24.8 Å². The van der Waals surface area contributed by atoms with Gasteiger partial charge in [0, 0.05) is 26.6 Å². The van der Waals surface area contributed by atoms with Crippen LogP contribution in [-0.2, 0) is 24.3 Å². The van der Waals surface area contributed by atoms with Gasteiger partial charge in [-0.1, -0.05) is 12.1 Å².